The van der Waals surface area contributed by atoms with E-state index in [0.29, 0.717) is 11.4 Å². The Hall–Kier alpha value is -2.85. The van der Waals surface area contributed by atoms with Crippen molar-refractivity contribution in [3.05, 3.63) is 87.2 Å². The highest BCUT2D eigenvalue weighted by molar-refractivity contribution is 6.30. The molecule has 5 heteroatoms. The third-order valence-electron chi connectivity index (χ3n) is 5.89. The second kappa shape index (κ2) is 6.89. The number of hydrogen-bond acceptors (Lipinski definition) is 3. The Labute approximate surface area is 175 Å². The molecule has 1 unspecified atom stereocenters. The molecule has 5 rings (SSSR count). The highest BCUT2D eigenvalue weighted by Gasteiger charge is 2.38. The number of nitrogens with one attached hydrogen (secondary N) is 1. The van der Waals surface area contributed by atoms with Crippen molar-refractivity contribution < 1.29 is 4.79 Å². The first-order chi connectivity index (χ1) is 14.0. The SMILES string of the molecule is Cc1ccc(-n2nc(C)c3c2NC2=C(C(=O)CCC2)C3c2ccc(Cl)cc2)cc1. The Morgan fingerprint density at radius 3 is 2.48 bits per heavy atom. The van der Waals surface area contributed by atoms with Crippen molar-refractivity contribution in [3.8, 4) is 5.69 Å². The van der Waals surface area contributed by atoms with Gasteiger partial charge in [0.05, 0.1) is 11.4 Å². The minimum Gasteiger partial charge on any atom is -0.343 e. The molecule has 0 saturated heterocycles. The Kier molecular flexibility index (Phi) is 4.32. The van der Waals surface area contributed by atoms with Crippen molar-refractivity contribution in [1.29, 1.82) is 0 Å². The van der Waals surface area contributed by atoms with E-state index in [1.54, 1.807) is 0 Å². The molecule has 0 spiro atoms. The maximum Gasteiger partial charge on any atom is 0.161 e. The van der Waals surface area contributed by atoms with Crippen molar-refractivity contribution >= 4 is 23.2 Å². The van der Waals surface area contributed by atoms with Crippen LogP contribution in [0.1, 0.15) is 47.6 Å². The van der Waals surface area contributed by atoms with Crippen LogP contribution < -0.4 is 5.32 Å². The molecule has 0 radical (unpaired) electrons. The number of rotatable bonds is 2. The number of Topliss-reactive ketones (excluding diaryl/α,β-unsaturated/α-hetero) is 1. The van der Waals surface area contributed by atoms with Gasteiger partial charge in [0.2, 0.25) is 0 Å². The van der Waals surface area contributed by atoms with E-state index in [9.17, 15) is 4.79 Å². The lowest BCUT2D eigenvalue weighted by atomic mass is 9.76. The second-order valence-corrected chi connectivity index (χ2v) is 8.31. The van der Waals surface area contributed by atoms with E-state index in [0.717, 1.165) is 52.4 Å². The lowest BCUT2D eigenvalue weighted by molar-refractivity contribution is -0.116. The number of fused-ring (bicyclic) bond motifs is 1. The van der Waals surface area contributed by atoms with Crippen LogP contribution in [0.25, 0.3) is 5.69 Å². The molecule has 2 aromatic carbocycles. The molecule has 1 atom stereocenters. The highest BCUT2D eigenvalue weighted by Crippen LogP contribution is 2.47. The number of halogens is 1. The van der Waals surface area contributed by atoms with Crippen LogP contribution in [0.3, 0.4) is 0 Å². The van der Waals surface area contributed by atoms with Gasteiger partial charge in [0.25, 0.3) is 0 Å². The minimum absolute atomic E-state index is 0.120. The van der Waals surface area contributed by atoms with Crippen LogP contribution in [0.2, 0.25) is 5.02 Å². The van der Waals surface area contributed by atoms with Crippen molar-refractivity contribution in [2.45, 2.75) is 39.0 Å². The summed E-state index contributed by atoms with van der Waals surface area (Å²) >= 11 is 6.14. The Bertz CT molecular complexity index is 1140. The van der Waals surface area contributed by atoms with Crippen LogP contribution in [0.4, 0.5) is 5.82 Å². The quantitative estimate of drug-likeness (QED) is 0.596. The van der Waals surface area contributed by atoms with Gasteiger partial charge in [0.1, 0.15) is 5.82 Å². The van der Waals surface area contributed by atoms with Gasteiger partial charge >= 0.3 is 0 Å². The monoisotopic (exact) mass is 403 g/mol. The molecule has 1 aliphatic heterocycles. The summed E-state index contributed by atoms with van der Waals surface area (Å²) in [6.45, 7) is 4.10. The number of carbonyl (C=O) groups is 1. The molecule has 4 nitrogen and oxygen atoms in total. The van der Waals surface area contributed by atoms with E-state index in [4.69, 9.17) is 16.7 Å². The molecule has 146 valence electrons. The summed E-state index contributed by atoms with van der Waals surface area (Å²) in [4.78, 5) is 13.0. The average Bonchev–Trinajstić information content (AvgIpc) is 3.04. The molecule has 29 heavy (non-hydrogen) atoms. The number of anilines is 1. The first-order valence-electron chi connectivity index (χ1n) is 9.98. The molecule has 0 amide bonds. The average molecular weight is 404 g/mol. The van der Waals surface area contributed by atoms with Crippen LogP contribution in [0.15, 0.2) is 59.8 Å². The molecule has 2 aliphatic rings. The van der Waals surface area contributed by atoms with Gasteiger partial charge in [-0.3, -0.25) is 4.79 Å². The molecule has 3 aromatic rings. The normalized spacial score (nSPS) is 18.3. The summed E-state index contributed by atoms with van der Waals surface area (Å²) in [5, 5.41) is 9.13. The third-order valence-corrected chi connectivity index (χ3v) is 6.14. The van der Waals surface area contributed by atoms with E-state index in [1.807, 2.05) is 35.9 Å². The van der Waals surface area contributed by atoms with Crippen molar-refractivity contribution in [2.75, 3.05) is 5.32 Å². The standard InChI is InChI=1S/C24H22ClN3O/c1-14-6-12-18(13-7-14)28-24-21(15(2)27-28)22(16-8-10-17(25)11-9-16)23-19(26-24)4-3-5-20(23)29/h6-13,22,26H,3-5H2,1-2H3. The smallest absolute Gasteiger partial charge is 0.161 e. The zero-order chi connectivity index (χ0) is 20.1. The fraction of sp³-hybridized carbons (Fsp3) is 0.250. The summed E-state index contributed by atoms with van der Waals surface area (Å²) < 4.78 is 1.97. The highest BCUT2D eigenvalue weighted by atomic mass is 35.5. The first-order valence-corrected chi connectivity index (χ1v) is 10.4. The summed E-state index contributed by atoms with van der Waals surface area (Å²) in [5.41, 5.74) is 7.21. The fourth-order valence-electron chi connectivity index (χ4n) is 4.48. The topological polar surface area (TPSA) is 46.9 Å². The van der Waals surface area contributed by atoms with Gasteiger partial charge in [-0.05, 0) is 56.5 Å². The molecular formula is C24H22ClN3O. The largest absolute Gasteiger partial charge is 0.343 e. The van der Waals surface area contributed by atoms with Gasteiger partial charge < -0.3 is 5.32 Å². The molecule has 0 bridgehead atoms. The van der Waals surface area contributed by atoms with Gasteiger partial charge in [-0.2, -0.15) is 5.10 Å². The number of aryl methyl sites for hydroxylation is 2. The van der Waals surface area contributed by atoms with Crippen LogP contribution in [0.5, 0.6) is 0 Å². The Balaban J connectivity index is 1.74. The minimum atomic E-state index is -0.120. The van der Waals surface area contributed by atoms with Crippen LogP contribution in [-0.2, 0) is 4.79 Å². The van der Waals surface area contributed by atoms with E-state index < -0.39 is 0 Å². The van der Waals surface area contributed by atoms with Gasteiger partial charge in [-0.15, -0.1) is 0 Å². The summed E-state index contributed by atoms with van der Waals surface area (Å²) in [6.07, 6.45) is 2.36. The number of ketones is 1. The maximum absolute atomic E-state index is 13.0. The van der Waals surface area contributed by atoms with Crippen LogP contribution in [0, 0.1) is 13.8 Å². The Morgan fingerprint density at radius 2 is 1.76 bits per heavy atom. The number of benzene rings is 2. The lowest BCUT2D eigenvalue weighted by Gasteiger charge is -2.33. The predicted molar refractivity (Wildman–Crippen MR) is 116 cm³/mol. The molecule has 1 aliphatic carbocycles. The molecule has 0 saturated carbocycles. The van der Waals surface area contributed by atoms with Crippen LogP contribution >= 0.6 is 11.6 Å². The number of nitrogens with zero attached hydrogens (tertiary/aromatic N) is 2. The van der Waals surface area contributed by atoms with Gasteiger partial charge in [0, 0.05) is 34.2 Å². The fourth-order valence-corrected chi connectivity index (χ4v) is 4.61. The number of hydrogen-bond donors (Lipinski definition) is 1. The zero-order valence-corrected chi connectivity index (χ0v) is 17.3. The molecule has 0 fully saturated rings. The number of carbonyl (C=O) groups excluding carboxylic acids is 1. The van der Waals surface area contributed by atoms with E-state index in [1.165, 1.54) is 5.56 Å². The molecule has 1 aromatic heterocycles. The summed E-state index contributed by atoms with van der Waals surface area (Å²) in [5.74, 6) is 1.07. The Morgan fingerprint density at radius 1 is 1.03 bits per heavy atom. The number of allylic oxidation sites excluding steroid dienone is 2. The molecule has 1 N–H and O–H groups in total. The first kappa shape index (κ1) is 18.2. The second-order valence-electron chi connectivity index (χ2n) is 7.87. The van der Waals surface area contributed by atoms with Gasteiger partial charge in [0.15, 0.2) is 5.78 Å². The van der Waals surface area contributed by atoms with Crippen molar-refractivity contribution in [2.24, 2.45) is 0 Å². The number of aromatic nitrogens is 2. The van der Waals surface area contributed by atoms with Crippen molar-refractivity contribution in [3.63, 3.8) is 0 Å². The predicted octanol–water partition coefficient (Wildman–Crippen LogP) is 5.71. The van der Waals surface area contributed by atoms with Gasteiger partial charge in [-0.25, -0.2) is 4.68 Å². The van der Waals surface area contributed by atoms with E-state index in [2.05, 4.69) is 36.5 Å². The third kappa shape index (κ3) is 2.99. The summed E-state index contributed by atoms with van der Waals surface area (Å²) in [6, 6.07) is 16.2. The zero-order valence-electron chi connectivity index (χ0n) is 16.5. The molecular weight excluding hydrogens is 382 g/mol. The van der Waals surface area contributed by atoms with E-state index >= 15 is 0 Å². The van der Waals surface area contributed by atoms with Crippen LogP contribution in [-0.4, -0.2) is 15.6 Å². The maximum atomic E-state index is 13.0. The van der Waals surface area contributed by atoms with E-state index in [-0.39, 0.29) is 11.7 Å². The van der Waals surface area contributed by atoms with Gasteiger partial charge in [-0.1, -0.05) is 41.4 Å². The summed E-state index contributed by atoms with van der Waals surface area (Å²) in [7, 11) is 0. The molecule has 2 heterocycles. The van der Waals surface area contributed by atoms with Crippen molar-refractivity contribution in [1.82, 2.24) is 9.78 Å². The lowest BCUT2D eigenvalue weighted by Crippen LogP contribution is -2.27.